The van der Waals surface area contributed by atoms with Gasteiger partial charge in [-0.15, -0.1) is 11.3 Å². The van der Waals surface area contributed by atoms with Gasteiger partial charge in [0.1, 0.15) is 11.2 Å². The third-order valence-corrected chi connectivity index (χ3v) is 34.3. The molecule has 0 saturated carbocycles. The van der Waals surface area contributed by atoms with Crippen molar-refractivity contribution in [1.29, 1.82) is 0 Å². The van der Waals surface area contributed by atoms with E-state index in [-0.39, 0.29) is 0 Å². The molecule has 16 aromatic carbocycles. The van der Waals surface area contributed by atoms with Crippen LogP contribution >= 0.6 is 11.3 Å². The Morgan fingerprint density at radius 1 is 0.246 bits per heavy atom. The fourth-order valence-electron chi connectivity index (χ4n) is 19.0. The van der Waals surface area contributed by atoms with Crippen LogP contribution in [0.15, 0.2) is 405 Å². The van der Waals surface area contributed by atoms with Crippen molar-refractivity contribution in [3.8, 4) is 78.9 Å². The lowest BCUT2D eigenvalue weighted by Gasteiger charge is -2.30. The van der Waals surface area contributed by atoms with Gasteiger partial charge in [0.25, 0.3) is 0 Å². The van der Waals surface area contributed by atoms with Crippen LogP contribution in [-0.4, -0.2) is 45.2 Å². The molecule has 0 amide bonds. The molecule has 2 aliphatic heterocycles. The van der Waals surface area contributed by atoms with Gasteiger partial charge >= 0.3 is 0 Å². The Labute approximate surface area is 663 Å². The molecule has 0 aliphatic carbocycles. The van der Waals surface area contributed by atoms with E-state index < -0.39 is 16.1 Å². The van der Waals surface area contributed by atoms with Crippen LogP contribution in [0.2, 0.25) is 0 Å². The maximum absolute atomic E-state index is 6.48. The van der Waals surface area contributed by atoms with E-state index in [1.807, 2.05) is 23.5 Å². The molecule has 6 aromatic heterocycles. The predicted molar refractivity (Wildman–Crippen MR) is 480 cm³/mol. The van der Waals surface area contributed by atoms with Crippen LogP contribution in [0.1, 0.15) is 0 Å². The topological polar surface area (TPSA) is 74.6 Å². The molecule has 24 rings (SSSR count). The van der Waals surface area contributed by atoms with Crippen molar-refractivity contribution < 1.29 is 4.42 Å². The highest BCUT2D eigenvalue weighted by Gasteiger charge is 2.53. The van der Waals surface area contributed by atoms with Gasteiger partial charge in [-0.2, -0.15) is 0 Å². The first-order valence-corrected chi connectivity index (χ1v) is 43.7. The molecule has 532 valence electrons. The molecule has 0 atom stereocenters. The summed E-state index contributed by atoms with van der Waals surface area (Å²) in [7, 11) is -5.87. The molecule has 0 saturated heterocycles. The molecule has 114 heavy (non-hydrogen) atoms. The number of aromatic nitrogens is 6. The summed E-state index contributed by atoms with van der Waals surface area (Å²) in [5, 5.41) is 19.9. The van der Waals surface area contributed by atoms with Crippen LogP contribution in [0, 0.1) is 0 Å². The average molecular weight is 1500 g/mol. The normalized spacial score (nSPS) is 13.1. The van der Waals surface area contributed by atoms with E-state index in [1.54, 1.807) is 0 Å². The highest BCUT2D eigenvalue weighted by atomic mass is 32.1. The maximum Gasteiger partial charge on any atom is 0.203 e. The first-order chi connectivity index (χ1) is 56.6. The van der Waals surface area contributed by atoms with Gasteiger partial charge in [0.05, 0.1) is 55.5 Å². The minimum absolute atomic E-state index is 0.704. The minimum atomic E-state index is -2.94. The zero-order valence-corrected chi connectivity index (χ0v) is 64.4. The van der Waals surface area contributed by atoms with Crippen LogP contribution in [0.25, 0.3) is 165 Å². The van der Waals surface area contributed by atoms with E-state index in [0.717, 1.165) is 111 Å². The van der Waals surface area contributed by atoms with Crippen LogP contribution in [0.3, 0.4) is 0 Å². The van der Waals surface area contributed by atoms with Crippen molar-refractivity contribution in [3.05, 3.63) is 400 Å². The van der Waals surface area contributed by atoms with Crippen LogP contribution in [0.4, 0.5) is 0 Å². The first-order valence-electron chi connectivity index (χ1n) is 38.8. The fraction of sp³-hybridized carbons (Fsp3) is 0. The van der Waals surface area contributed by atoms with E-state index in [0.29, 0.717) is 5.82 Å². The van der Waals surface area contributed by atoms with Crippen molar-refractivity contribution in [3.63, 3.8) is 0 Å². The van der Waals surface area contributed by atoms with Crippen molar-refractivity contribution >= 4 is 155 Å². The molecule has 0 unspecified atom stereocenters. The first kappa shape index (κ1) is 65.6. The predicted octanol–water partition coefficient (Wildman–Crippen LogP) is 20.8. The molecule has 10 heteroatoms. The minimum Gasteiger partial charge on any atom is -0.456 e. The summed E-state index contributed by atoms with van der Waals surface area (Å²) in [6, 6.07) is 145. The highest BCUT2D eigenvalue weighted by molar-refractivity contribution is 7.26. The Balaban J connectivity index is 0.000000135. The quantitative estimate of drug-likeness (QED) is 0.128. The Morgan fingerprint density at radius 3 is 1.10 bits per heavy atom. The molecular weight excluding hydrogens is 1440 g/mol. The second-order valence-electron chi connectivity index (χ2n) is 29.7. The summed E-state index contributed by atoms with van der Waals surface area (Å²) in [5.41, 5.74) is 19.1. The average Bonchev–Trinajstić information content (AvgIpc) is 1.52. The van der Waals surface area contributed by atoms with Crippen molar-refractivity contribution in [1.82, 2.24) is 29.1 Å². The number of hydrogen-bond acceptors (Lipinski definition) is 6. The lowest BCUT2D eigenvalue weighted by atomic mass is 10.0. The van der Waals surface area contributed by atoms with E-state index in [1.165, 1.54) is 89.5 Å². The largest absolute Gasteiger partial charge is 0.456 e. The van der Waals surface area contributed by atoms with E-state index in [2.05, 4.69) is 397 Å². The van der Waals surface area contributed by atoms with Crippen LogP contribution in [0.5, 0.6) is 0 Å². The maximum atomic E-state index is 6.48. The Hall–Kier alpha value is -14.3. The third-order valence-electron chi connectivity index (χ3n) is 23.8. The molecule has 2 aliphatic rings. The van der Waals surface area contributed by atoms with Gasteiger partial charge in [0.15, 0.2) is 11.6 Å². The van der Waals surface area contributed by atoms with E-state index in [9.17, 15) is 0 Å². The highest BCUT2D eigenvalue weighted by Crippen LogP contribution is 2.46. The van der Waals surface area contributed by atoms with Crippen molar-refractivity contribution in [2.24, 2.45) is 0 Å². The lowest BCUT2D eigenvalue weighted by Crippen LogP contribution is -2.73. The van der Waals surface area contributed by atoms with Crippen molar-refractivity contribution in [2.75, 3.05) is 0 Å². The summed E-state index contributed by atoms with van der Waals surface area (Å²) < 4.78 is 13.9. The Kier molecular flexibility index (Phi) is 15.1. The molecule has 0 N–H and O–H groups in total. The number of benzene rings is 16. The zero-order valence-electron chi connectivity index (χ0n) is 61.6. The fourth-order valence-corrected chi connectivity index (χ4v) is 30.1. The molecular formula is C104H66N6OSSi2. The Bertz CT molecular complexity index is 7080. The number of hydrogen-bond donors (Lipinski definition) is 0. The number of rotatable bonds is 10. The van der Waals surface area contributed by atoms with Crippen molar-refractivity contribution in [2.45, 2.75) is 0 Å². The SMILES string of the molecule is c1ccc(-c2nc(-c3ccccc3-n3c4ccccc4c4cc5c(cc43)oc3ccccc35)nc3c2-c2ccccc2[Si]3(c2ccccc2)c2ccccc2)cc1.c1ccc(-c2nc(-c3ccccc3-n3c4ccccc4c4cc5c(cc43)sc3ccccc35)nc3c2-c2ccccc2[Si]3(c2ccccc2)c2ccccc2)cc1. The number of para-hydroxylation sites is 5. The number of fused-ring (bicyclic) bond motifs is 18. The summed E-state index contributed by atoms with van der Waals surface area (Å²) in [5.74, 6) is 1.43. The standard InChI is InChI=1S/C52H33N3OSi.C52H33N3SSi/c2*1-4-18-34(19-5-1)50-49-40-27-13-17-31-48(40)57(35-20-6-2-7-21-35,36-22-8-3-9-23-36)52(49)54-51(53-50)39-26-11-15-29-44(39)55-43-28-14-10-24-37(43)41-32-42-38-25-12-16-30-46(38)56-47(42)33-45(41)55/h2*1-33H. The molecule has 0 radical (unpaired) electrons. The van der Waals surface area contributed by atoms with Gasteiger partial charge in [-0.05, 0) is 109 Å². The van der Waals surface area contributed by atoms with Gasteiger partial charge in [0, 0.05) is 91.9 Å². The number of furan rings is 1. The van der Waals surface area contributed by atoms with Gasteiger partial charge < -0.3 is 13.6 Å². The lowest BCUT2D eigenvalue weighted by molar-refractivity contribution is 0.669. The van der Waals surface area contributed by atoms with Gasteiger partial charge in [-0.25, -0.2) is 19.9 Å². The number of nitrogens with zero attached hydrogens (tertiary/aromatic N) is 6. The zero-order chi connectivity index (χ0) is 75.0. The molecule has 0 bridgehead atoms. The monoisotopic (exact) mass is 1500 g/mol. The van der Waals surface area contributed by atoms with Gasteiger partial charge in [0.2, 0.25) is 16.1 Å². The summed E-state index contributed by atoms with van der Waals surface area (Å²) in [6.07, 6.45) is 0. The van der Waals surface area contributed by atoms with E-state index in [4.69, 9.17) is 24.4 Å². The smallest absolute Gasteiger partial charge is 0.203 e. The summed E-state index contributed by atoms with van der Waals surface area (Å²) in [4.78, 5) is 23.0. The number of thiophene rings is 1. The second kappa shape index (κ2) is 26.2. The van der Waals surface area contributed by atoms with Gasteiger partial charge in [-0.1, -0.05) is 328 Å². The Morgan fingerprint density at radius 2 is 0.614 bits per heavy atom. The molecule has 22 aromatic rings. The van der Waals surface area contributed by atoms with Crippen LogP contribution < -0.4 is 41.8 Å². The molecule has 0 fully saturated rings. The van der Waals surface area contributed by atoms with Crippen LogP contribution in [-0.2, 0) is 0 Å². The second-order valence-corrected chi connectivity index (χ2v) is 38.1. The summed E-state index contributed by atoms with van der Waals surface area (Å²) in [6.45, 7) is 0. The van der Waals surface area contributed by atoms with Gasteiger partial charge in [-0.3, -0.25) is 0 Å². The van der Waals surface area contributed by atoms with E-state index >= 15 is 0 Å². The summed E-state index contributed by atoms with van der Waals surface area (Å²) >= 11 is 1.86. The molecule has 7 nitrogen and oxygen atoms in total. The molecule has 0 spiro atoms. The molecule has 8 heterocycles. The third kappa shape index (κ3) is 9.78.